The molecule has 0 radical (unpaired) electrons. The van der Waals surface area contributed by atoms with Crippen LogP contribution in [0, 0.1) is 14.3 Å². The van der Waals surface area contributed by atoms with Gasteiger partial charge in [-0.05, 0) is 47.2 Å². The van der Waals surface area contributed by atoms with Gasteiger partial charge in [0.15, 0.2) is 14.3 Å². The molecule has 0 aliphatic carbocycles. The second kappa shape index (κ2) is 15.3. The SMILES string of the molecule is CC(C)(C)c1ccccc1[I+]c1ccccc1.CC(C)(C)c1ccccc1[I+]c1ccccc1.O=S(=O)([O-])[O-]. The zero-order chi connectivity index (χ0) is 29.1. The highest BCUT2D eigenvalue weighted by atomic mass is 127. The van der Waals surface area contributed by atoms with Gasteiger partial charge in [0.05, 0.1) is 0 Å². The number of hydrogen-bond donors (Lipinski definition) is 0. The molecule has 0 atom stereocenters. The summed E-state index contributed by atoms with van der Waals surface area (Å²) in [5.41, 5.74) is 3.48. The molecule has 0 aromatic heterocycles. The molecule has 4 aromatic rings. The van der Waals surface area contributed by atoms with Crippen molar-refractivity contribution in [2.75, 3.05) is 0 Å². The molecule has 0 unspecified atom stereocenters. The van der Waals surface area contributed by atoms with E-state index in [1.54, 1.807) is 7.14 Å². The molecule has 0 amide bonds. The van der Waals surface area contributed by atoms with Gasteiger partial charge in [0.1, 0.15) is 0 Å². The third kappa shape index (κ3) is 13.4. The van der Waals surface area contributed by atoms with Crippen LogP contribution in [-0.4, -0.2) is 17.5 Å². The van der Waals surface area contributed by atoms with Gasteiger partial charge < -0.3 is 9.11 Å². The van der Waals surface area contributed by atoms with Crippen molar-refractivity contribution >= 4 is 10.4 Å². The van der Waals surface area contributed by atoms with Gasteiger partial charge in [-0.3, -0.25) is 8.42 Å². The number of rotatable bonds is 4. The highest BCUT2D eigenvalue weighted by Gasteiger charge is 2.27. The van der Waals surface area contributed by atoms with Gasteiger partial charge in [-0.2, -0.15) is 0 Å². The van der Waals surface area contributed by atoms with Gasteiger partial charge in [-0.25, -0.2) is 0 Å². The minimum Gasteiger partial charge on any atom is -0.759 e. The molecule has 0 aliphatic heterocycles. The van der Waals surface area contributed by atoms with E-state index < -0.39 is 10.4 Å². The summed E-state index contributed by atoms with van der Waals surface area (Å²) in [6.45, 7) is 13.8. The van der Waals surface area contributed by atoms with Gasteiger partial charge in [0, 0.05) is 21.5 Å². The van der Waals surface area contributed by atoms with E-state index in [2.05, 4.69) is 151 Å². The molecule has 0 bridgehead atoms. The minimum atomic E-state index is -5.17. The highest BCUT2D eigenvalue weighted by molar-refractivity contribution is 7.79. The summed E-state index contributed by atoms with van der Waals surface area (Å²) >= 11 is -0.118. The molecule has 39 heavy (non-hydrogen) atoms. The molecular formula is C32H36I2O4S. The molecule has 4 nitrogen and oxygen atoms in total. The van der Waals surface area contributed by atoms with Gasteiger partial charge in [-0.15, -0.1) is 0 Å². The van der Waals surface area contributed by atoms with Crippen LogP contribution in [0.4, 0.5) is 0 Å². The lowest BCUT2D eigenvalue weighted by Gasteiger charge is -2.18. The van der Waals surface area contributed by atoms with E-state index in [0.29, 0.717) is 0 Å². The first-order chi connectivity index (χ1) is 18.1. The second-order valence-electron chi connectivity index (χ2n) is 10.6. The largest absolute Gasteiger partial charge is 0.759 e. The van der Waals surface area contributed by atoms with Crippen LogP contribution in [0.1, 0.15) is 52.7 Å². The molecule has 0 heterocycles. The molecule has 0 spiro atoms. The Kier molecular flexibility index (Phi) is 13.1. The summed E-state index contributed by atoms with van der Waals surface area (Å²) < 4.78 is 40.2. The first-order valence-electron chi connectivity index (χ1n) is 12.4. The van der Waals surface area contributed by atoms with Crippen LogP contribution in [0.2, 0.25) is 0 Å². The van der Waals surface area contributed by atoms with E-state index in [1.807, 2.05) is 0 Å². The molecule has 4 aromatic carbocycles. The van der Waals surface area contributed by atoms with Crippen molar-refractivity contribution in [1.82, 2.24) is 0 Å². The third-order valence-corrected chi connectivity index (χ3v) is 11.0. The molecule has 0 fully saturated rings. The van der Waals surface area contributed by atoms with E-state index in [1.165, 1.54) is 18.3 Å². The summed E-state index contributed by atoms with van der Waals surface area (Å²) in [5, 5.41) is 0. The van der Waals surface area contributed by atoms with Crippen molar-refractivity contribution in [3.8, 4) is 0 Å². The molecule has 0 aliphatic rings. The fourth-order valence-electron chi connectivity index (χ4n) is 3.49. The van der Waals surface area contributed by atoms with E-state index in [9.17, 15) is 0 Å². The first-order valence-corrected chi connectivity index (χ1v) is 18.0. The Morgan fingerprint density at radius 2 is 0.744 bits per heavy atom. The summed E-state index contributed by atoms with van der Waals surface area (Å²) in [4.78, 5) is 0. The normalized spacial score (nSPS) is 11.5. The topological polar surface area (TPSA) is 80.3 Å². The lowest BCUT2D eigenvalue weighted by molar-refractivity contribution is -0.598. The van der Waals surface area contributed by atoms with Gasteiger partial charge >= 0.3 is 42.4 Å². The Morgan fingerprint density at radius 3 is 1.03 bits per heavy atom. The van der Waals surface area contributed by atoms with Crippen LogP contribution in [0.25, 0.3) is 0 Å². The fourth-order valence-corrected chi connectivity index (χ4v) is 9.72. The van der Waals surface area contributed by atoms with Crippen LogP contribution in [-0.2, 0) is 21.2 Å². The highest BCUT2D eigenvalue weighted by Crippen LogP contribution is 2.22. The van der Waals surface area contributed by atoms with Crippen LogP contribution in [0.5, 0.6) is 0 Å². The molecule has 0 N–H and O–H groups in total. The average molecular weight is 771 g/mol. The van der Waals surface area contributed by atoms with Crippen molar-refractivity contribution in [3.05, 3.63) is 135 Å². The minimum absolute atomic E-state index is 0.0589. The quantitative estimate of drug-likeness (QED) is 0.176. The Morgan fingerprint density at radius 1 is 0.487 bits per heavy atom. The third-order valence-electron chi connectivity index (χ3n) is 5.25. The smallest absolute Gasteiger partial charge is 0.358 e. The number of hydrogen-bond acceptors (Lipinski definition) is 4. The fraction of sp³-hybridized carbons (Fsp3) is 0.250. The van der Waals surface area contributed by atoms with E-state index >= 15 is 0 Å². The molecular weight excluding hydrogens is 734 g/mol. The maximum atomic E-state index is 8.52. The monoisotopic (exact) mass is 770 g/mol. The summed E-state index contributed by atoms with van der Waals surface area (Å²) in [7, 11) is -5.17. The standard InChI is InChI=1S/2C16H18I.H2O4S/c2*1-16(2,3)14-11-7-8-12-15(14)17-13-9-5-4-6-10-13;1-5(2,3)4/h2*4-12H,1-3H3;(H2,1,2,3,4)/q2*+1;/p-2. The van der Waals surface area contributed by atoms with E-state index in [-0.39, 0.29) is 53.2 Å². The molecule has 0 saturated heterocycles. The summed E-state index contributed by atoms with van der Waals surface area (Å²) in [5.74, 6) is 0. The van der Waals surface area contributed by atoms with E-state index in [4.69, 9.17) is 17.5 Å². The molecule has 4 rings (SSSR count). The zero-order valence-corrected chi connectivity index (χ0v) is 28.3. The average Bonchev–Trinajstić information content (AvgIpc) is 2.84. The zero-order valence-electron chi connectivity index (χ0n) is 23.2. The lowest BCUT2D eigenvalue weighted by Crippen LogP contribution is -3.61. The van der Waals surface area contributed by atoms with Gasteiger partial charge in [0.2, 0.25) is 0 Å². The van der Waals surface area contributed by atoms with Crippen molar-refractivity contribution in [2.45, 2.75) is 52.4 Å². The van der Waals surface area contributed by atoms with Crippen LogP contribution < -0.4 is 42.4 Å². The predicted molar refractivity (Wildman–Crippen MR) is 148 cm³/mol. The maximum absolute atomic E-state index is 8.52. The van der Waals surface area contributed by atoms with Crippen LogP contribution in [0.15, 0.2) is 109 Å². The Bertz CT molecular complexity index is 1290. The molecule has 0 saturated carbocycles. The van der Waals surface area contributed by atoms with E-state index in [0.717, 1.165) is 0 Å². The first kappa shape index (κ1) is 33.4. The summed E-state index contributed by atoms with van der Waals surface area (Å²) in [6, 6.07) is 39.4. The summed E-state index contributed by atoms with van der Waals surface area (Å²) in [6.07, 6.45) is 0. The van der Waals surface area contributed by atoms with Crippen molar-refractivity contribution in [2.24, 2.45) is 0 Å². The number of benzene rings is 4. The molecule has 7 heteroatoms. The number of halogens is 2. The Labute approximate surface area is 255 Å². The van der Waals surface area contributed by atoms with Crippen LogP contribution >= 0.6 is 0 Å². The van der Waals surface area contributed by atoms with Crippen molar-refractivity contribution < 1.29 is 59.9 Å². The van der Waals surface area contributed by atoms with Crippen molar-refractivity contribution in [1.29, 1.82) is 0 Å². The maximum Gasteiger partial charge on any atom is 0.358 e. The van der Waals surface area contributed by atoms with Crippen molar-refractivity contribution in [3.63, 3.8) is 0 Å². The molecule has 208 valence electrons. The van der Waals surface area contributed by atoms with Gasteiger partial charge in [-0.1, -0.05) is 114 Å². The lowest BCUT2D eigenvalue weighted by atomic mass is 9.87. The second-order valence-corrected chi connectivity index (χ2v) is 17.4. The predicted octanol–water partition coefficient (Wildman–Crippen LogP) is 0.887. The van der Waals surface area contributed by atoms with Gasteiger partial charge in [0.25, 0.3) is 0 Å². The Balaban J connectivity index is 0.000000234. The van der Waals surface area contributed by atoms with Crippen LogP contribution in [0.3, 0.4) is 0 Å². The Hall–Kier alpha value is -1.79.